The molecular formula is C39H70N4O10. The van der Waals surface area contributed by atoms with E-state index in [1.54, 1.807) is 0 Å². The first-order chi connectivity index (χ1) is 25.5. The minimum Gasteiger partial charge on any atom is -0.481 e. The Labute approximate surface area is 317 Å². The van der Waals surface area contributed by atoms with Gasteiger partial charge in [0.2, 0.25) is 5.91 Å². The molecule has 2 N–H and O–H groups in total. The summed E-state index contributed by atoms with van der Waals surface area (Å²) in [5.74, 6) is -2.28. The second kappa shape index (κ2) is 34.8. The van der Waals surface area contributed by atoms with Crippen LogP contribution in [0.1, 0.15) is 143 Å². The SMILES string of the molecule is CC(C)(C)C(=O)COCCOCCCC(=O)COCCOCCNC(=O)CC[C@H](CC(=O)CCCCCCCCCCCCCCCN=[N+]=[N-])C(=O)O. The number of nitrogens with one attached hydrogen (secondary N) is 1. The maximum absolute atomic E-state index is 12.4. The number of carboxylic acid groups (broad SMARTS) is 1. The molecule has 0 spiro atoms. The number of amides is 1. The molecule has 306 valence electrons. The highest BCUT2D eigenvalue weighted by atomic mass is 16.5. The number of nitrogens with zero attached hydrogens (tertiary/aromatic N) is 3. The van der Waals surface area contributed by atoms with Crippen LogP contribution < -0.4 is 5.32 Å². The molecule has 0 aromatic heterocycles. The van der Waals surface area contributed by atoms with E-state index in [4.69, 9.17) is 24.5 Å². The van der Waals surface area contributed by atoms with E-state index < -0.39 is 17.3 Å². The average molecular weight is 755 g/mol. The Morgan fingerprint density at radius 3 is 1.72 bits per heavy atom. The third kappa shape index (κ3) is 34.6. The van der Waals surface area contributed by atoms with Gasteiger partial charge >= 0.3 is 5.97 Å². The number of aliphatic carboxylic acids is 1. The second-order valence-electron chi connectivity index (χ2n) is 14.6. The van der Waals surface area contributed by atoms with Crippen molar-refractivity contribution in [2.75, 3.05) is 65.9 Å². The molecule has 53 heavy (non-hydrogen) atoms. The standard InChI is InChI=1S/C39H70N4O10/c1-39(2,3)36(46)32-53-29-26-50-24-17-19-35(45)31-52-28-27-51-25-23-41-37(47)21-20-33(38(48)49)30-34(44)18-15-13-11-9-7-5-4-6-8-10-12-14-16-22-42-43-40/h33H,4-32H2,1-3H3,(H,41,47)(H,48,49)/t33-/m1/s1. The van der Waals surface area contributed by atoms with Gasteiger partial charge in [0.1, 0.15) is 19.0 Å². The van der Waals surface area contributed by atoms with Crippen LogP contribution in [0, 0.1) is 11.3 Å². The molecular weight excluding hydrogens is 684 g/mol. The molecule has 14 heteroatoms. The summed E-state index contributed by atoms with van der Waals surface area (Å²) in [4.78, 5) is 62.7. The van der Waals surface area contributed by atoms with Gasteiger partial charge in [-0.05, 0) is 31.2 Å². The van der Waals surface area contributed by atoms with Crippen LogP contribution in [0.15, 0.2) is 5.11 Å². The summed E-state index contributed by atoms with van der Waals surface area (Å²) in [6.07, 6.45) is 16.1. The molecule has 0 bridgehead atoms. The number of unbranched alkanes of at least 4 members (excludes halogenated alkanes) is 12. The van der Waals surface area contributed by atoms with Crippen LogP contribution in [0.25, 0.3) is 10.4 Å². The van der Waals surface area contributed by atoms with Gasteiger partial charge in [-0.2, -0.15) is 0 Å². The third-order valence-electron chi connectivity index (χ3n) is 8.71. The van der Waals surface area contributed by atoms with E-state index in [1.165, 1.54) is 44.9 Å². The number of Topliss-reactive ketones (excluding diaryl/α,β-unsaturated/α-hetero) is 3. The van der Waals surface area contributed by atoms with Gasteiger partial charge in [0.25, 0.3) is 0 Å². The zero-order chi connectivity index (χ0) is 39.4. The molecule has 0 aliphatic carbocycles. The Balaban J connectivity index is 3.68. The van der Waals surface area contributed by atoms with Crippen molar-refractivity contribution in [2.45, 2.75) is 143 Å². The fourth-order valence-electron chi connectivity index (χ4n) is 5.29. The molecule has 0 rings (SSSR count). The fourth-order valence-corrected chi connectivity index (χ4v) is 5.29. The molecule has 0 aliphatic rings. The first-order valence-corrected chi connectivity index (χ1v) is 19.8. The number of carbonyl (C=O) groups excluding carboxylic acids is 4. The summed E-state index contributed by atoms with van der Waals surface area (Å²) >= 11 is 0. The maximum Gasteiger partial charge on any atom is 0.306 e. The van der Waals surface area contributed by atoms with Gasteiger partial charge < -0.3 is 29.4 Å². The lowest BCUT2D eigenvalue weighted by Gasteiger charge is -2.16. The van der Waals surface area contributed by atoms with E-state index in [0.29, 0.717) is 45.6 Å². The predicted molar refractivity (Wildman–Crippen MR) is 204 cm³/mol. The van der Waals surface area contributed by atoms with Gasteiger partial charge in [-0.3, -0.25) is 24.0 Å². The Hall–Kier alpha value is -2.90. The van der Waals surface area contributed by atoms with Crippen molar-refractivity contribution in [2.24, 2.45) is 16.4 Å². The molecule has 0 saturated carbocycles. The molecule has 0 unspecified atom stereocenters. The minimum atomic E-state index is -1.06. The number of carbonyl (C=O) groups is 5. The van der Waals surface area contributed by atoms with Crippen molar-refractivity contribution < 1.29 is 48.0 Å². The Bertz CT molecular complexity index is 1040. The summed E-state index contributed by atoms with van der Waals surface area (Å²) in [7, 11) is 0. The number of hydrogen-bond donors (Lipinski definition) is 2. The van der Waals surface area contributed by atoms with E-state index in [1.807, 2.05) is 20.8 Å². The van der Waals surface area contributed by atoms with E-state index in [0.717, 1.165) is 38.5 Å². The quantitative estimate of drug-likeness (QED) is 0.0276. The van der Waals surface area contributed by atoms with Crippen molar-refractivity contribution >= 4 is 29.2 Å². The minimum absolute atomic E-state index is 0.0162. The van der Waals surface area contributed by atoms with Gasteiger partial charge in [0, 0.05) is 55.7 Å². The summed E-state index contributed by atoms with van der Waals surface area (Å²) in [5, 5.41) is 15.8. The molecule has 0 aromatic carbocycles. The Morgan fingerprint density at radius 2 is 1.15 bits per heavy atom. The first kappa shape index (κ1) is 50.1. The molecule has 1 amide bonds. The third-order valence-corrected chi connectivity index (χ3v) is 8.71. The maximum atomic E-state index is 12.4. The smallest absolute Gasteiger partial charge is 0.306 e. The van der Waals surface area contributed by atoms with Gasteiger partial charge in [0.05, 0.1) is 39.0 Å². The number of ketones is 3. The summed E-state index contributed by atoms with van der Waals surface area (Å²) in [5.41, 5.74) is 7.83. The van der Waals surface area contributed by atoms with Crippen LogP contribution >= 0.6 is 0 Å². The molecule has 0 saturated heterocycles. The van der Waals surface area contributed by atoms with Crippen LogP contribution in [-0.4, -0.2) is 100 Å². The van der Waals surface area contributed by atoms with Crippen molar-refractivity contribution in [1.29, 1.82) is 0 Å². The predicted octanol–water partition coefficient (Wildman–Crippen LogP) is 7.35. The Morgan fingerprint density at radius 1 is 0.642 bits per heavy atom. The summed E-state index contributed by atoms with van der Waals surface area (Å²) in [6.45, 7) is 8.29. The highest BCUT2D eigenvalue weighted by Crippen LogP contribution is 2.17. The van der Waals surface area contributed by atoms with Crippen LogP contribution in [0.2, 0.25) is 0 Å². The molecule has 0 radical (unpaired) electrons. The molecule has 0 aromatic rings. The van der Waals surface area contributed by atoms with Gasteiger partial charge in [0.15, 0.2) is 11.6 Å². The van der Waals surface area contributed by atoms with Crippen LogP contribution in [-0.2, 0) is 42.9 Å². The lowest BCUT2D eigenvalue weighted by molar-refractivity contribution is -0.144. The van der Waals surface area contributed by atoms with Crippen LogP contribution in [0.5, 0.6) is 0 Å². The highest BCUT2D eigenvalue weighted by Gasteiger charge is 2.22. The van der Waals surface area contributed by atoms with E-state index in [2.05, 4.69) is 15.3 Å². The van der Waals surface area contributed by atoms with Gasteiger partial charge in [-0.15, -0.1) is 0 Å². The molecule has 1 atom stereocenters. The number of carboxylic acids is 1. The topological polar surface area (TPSA) is 203 Å². The van der Waals surface area contributed by atoms with Crippen molar-refractivity contribution in [1.82, 2.24) is 5.32 Å². The normalized spacial score (nSPS) is 11.9. The van der Waals surface area contributed by atoms with Crippen LogP contribution in [0.3, 0.4) is 0 Å². The summed E-state index contributed by atoms with van der Waals surface area (Å²) in [6, 6.07) is 0. The van der Waals surface area contributed by atoms with Crippen molar-refractivity contribution in [3.63, 3.8) is 0 Å². The lowest BCUT2D eigenvalue weighted by atomic mass is 9.91. The molecule has 0 aliphatic heterocycles. The second-order valence-corrected chi connectivity index (χ2v) is 14.6. The average Bonchev–Trinajstić information content (AvgIpc) is 3.11. The number of hydrogen-bond acceptors (Lipinski definition) is 10. The van der Waals surface area contributed by atoms with E-state index in [-0.39, 0.29) is 82.1 Å². The molecule has 0 fully saturated rings. The fraction of sp³-hybridized carbons (Fsp3) is 0.872. The van der Waals surface area contributed by atoms with E-state index in [9.17, 15) is 29.1 Å². The van der Waals surface area contributed by atoms with Crippen molar-refractivity contribution in [3.8, 4) is 0 Å². The monoisotopic (exact) mass is 755 g/mol. The Kier molecular flexibility index (Phi) is 32.9. The lowest BCUT2D eigenvalue weighted by Crippen LogP contribution is -2.29. The zero-order valence-electron chi connectivity index (χ0n) is 33.0. The van der Waals surface area contributed by atoms with Gasteiger partial charge in [-0.25, -0.2) is 0 Å². The zero-order valence-corrected chi connectivity index (χ0v) is 33.0. The van der Waals surface area contributed by atoms with E-state index >= 15 is 0 Å². The number of rotatable bonds is 39. The summed E-state index contributed by atoms with van der Waals surface area (Å²) < 4.78 is 21.5. The largest absolute Gasteiger partial charge is 0.481 e. The molecule has 0 heterocycles. The van der Waals surface area contributed by atoms with Crippen LogP contribution in [0.4, 0.5) is 0 Å². The number of ether oxygens (including phenoxy) is 4. The van der Waals surface area contributed by atoms with Gasteiger partial charge in [-0.1, -0.05) is 96.5 Å². The first-order valence-electron chi connectivity index (χ1n) is 19.8. The number of azide groups is 1. The van der Waals surface area contributed by atoms with Crippen molar-refractivity contribution in [3.05, 3.63) is 10.4 Å². The molecule has 14 nitrogen and oxygen atoms in total. The highest BCUT2D eigenvalue weighted by molar-refractivity contribution is 5.85.